The Balaban J connectivity index is 1.53. The van der Waals surface area contributed by atoms with E-state index < -0.39 is 17.9 Å². The quantitative estimate of drug-likeness (QED) is 0.465. The number of tetrazole rings is 1. The fourth-order valence-electron chi connectivity index (χ4n) is 4.70. The van der Waals surface area contributed by atoms with Gasteiger partial charge in [-0.3, -0.25) is 9.59 Å². The summed E-state index contributed by atoms with van der Waals surface area (Å²) in [5.74, 6) is -2.00. The molecule has 0 spiro atoms. The summed E-state index contributed by atoms with van der Waals surface area (Å²) in [5.41, 5.74) is 5.59. The predicted octanol–water partition coefficient (Wildman–Crippen LogP) is -0.859. The number of anilines is 1. The van der Waals surface area contributed by atoms with Gasteiger partial charge in [-0.1, -0.05) is 12.0 Å². The van der Waals surface area contributed by atoms with Crippen molar-refractivity contribution >= 4 is 35.5 Å². The van der Waals surface area contributed by atoms with Crippen LogP contribution in [0.3, 0.4) is 0 Å². The third-order valence-electron chi connectivity index (χ3n) is 6.24. The molecule has 0 bridgehead atoms. The van der Waals surface area contributed by atoms with Gasteiger partial charge < -0.3 is 26.0 Å². The highest BCUT2D eigenvalue weighted by Crippen LogP contribution is 2.53. The van der Waals surface area contributed by atoms with Gasteiger partial charge in [-0.05, 0) is 18.6 Å². The lowest BCUT2D eigenvalue weighted by Crippen LogP contribution is -2.62. The molecule has 3 aliphatic rings. The smallest absolute Gasteiger partial charge is 0.353 e. The predicted molar refractivity (Wildman–Crippen MR) is 111 cm³/mol. The van der Waals surface area contributed by atoms with E-state index in [1.54, 1.807) is 25.9 Å². The van der Waals surface area contributed by atoms with Gasteiger partial charge in [-0.25, -0.2) is 4.79 Å². The number of amides is 2. The molecule has 3 aliphatic heterocycles. The molecular weight excluding hydrogens is 424 g/mol. The van der Waals surface area contributed by atoms with Crippen molar-refractivity contribution in [2.24, 2.45) is 11.8 Å². The second kappa shape index (κ2) is 7.79. The van der Waals surface area contributed by atoms with Crippen molar-refractivity contribution in [3.63, 3.8) is 0 Å². The van der Waals surface area contributed by atoms with E-state index in [1.807, 2.05) is 6.92 Å². The molecular formula is C18H26N8O4S. The molecule has 2 fully saturated rings. The number of carboxylic acids is 1. The lowest BCUT2D eigenvalue weighted by molar-refractivity contribution is -0.159. The Hall–Kier alpha value is -2.67. The van der Waals surface area contributed by atoms with Crippen LogP contribution < -0.4 is 11.1 Å². The SMILES string of the molecule is C[C@H]([C@H]1C(=O)N2C(C(=O)O)=C(S[C@@H]3CN[C@H](C(=O)N(C)C)C3)[C@H](C)[C@H]12)n1nnc(N)n1. The number of nitrogens with one attached hydrogen (secondary N) is 1. The molecule has 0 unspecified atom stereocenters. The van der Waals surface area contributed by atoms with E-state index in [4.69, 9.17) is 5.73 Å². The molecule has 2 amide bonds. The highest BCUT2D eigenvalue weighted by molar-refractivity contribution is 8.03. The van der Waals surface area contributed by atoms with Crippen LogP contribution in [-0.4, -0.2) is 90.9 Å². The number of aromatic nitrogens is 4. The molecule has 6 atom stereocenters. The van der Waals surface area contributed by atoms with Gasteiger partial charge >= 0.3 is 5.97 Å². The van der Waals surface area contributed by atoms with Crippen LogP contribution in [0.25, 0.3) is 0 Å². The van der Waals surface area contributed by atoms with Crippen molar-refractivity contribution in [1.29, 1.82) is 0 Å². The maximum Gasteiger partial charge on any atom is 0.353 e. The fraction of sp³-hybridized carbons (Fsp3) is 0.667. The Kier molecular flexibility index (Phi) is 5.41. The Morgan fingerprint density at radius 3 is 2.68 bits per heavy atom. The minimum atomic E-state index is -1.12. The summed E-state index contributed by atoms with van der Waals surface area (Å²) in [6, 6.07) is -0.985. The highest BCUT2D eigenvalue weighted by Gasteiger charge is 2.61. The Bertz CT molecular complexity index is 962. The molecule has 1 aromatic rings. The third kappa shape index (κ3) is 3.45. The summed E-state index contributed by atoms with van der Waals surface area (Å²) in [5, 5.41) is 24.7. The first-order chi connectivity index (χ1) is 14.6. The number of fused-ring (bicyclic) bond motifs is 1. The Labute approximate surface area is 183 Å². The number of hydrogen-bond donors (Lipinski definition) is 3. The lowest BCUT2D eigenvalue weighted by atomic mass is 9.78. The van der Waals surface area contributed by atoms with E-state index >= 15 is 0 Å². The molecule has 0 radical (unpaired) electrons. The van der Waals surface area contributed by atoms with Gasteiger partial charge in [0.05, 0.1) is 24.0 Å². The van der Waals surface area contributed by atoms with Crippen LogP contribution in [-0.2, 0) is 14.4 Å². The molecule has 4 rings (SSSR count). The van der Waals surface area contributed by atoms with E-state index in [9.17, 15) is 19.5 Å². The third-order valence-corrected chi connectivity index (χ3v) is 7.75. The number of nitrogens with zero attached hydrogens (tertiary/aromatic N) is 6. The fourth-order valence-corrected chi connectivity index (χ4v) is 6.18. The minimum Gasteiger partial charge on any atom is -0.477 e. The largest absolute Gasteiger partial charge is 0.477 e. The number of rotatable bonds is 6. The first-order valence-electron chi connectivity index (χ1n) is 10.1. The van der Waals surface area contributed by atoms with Crippen LogP contribution in [0.1, 0.15) is 26.3 Å². The number of β-lactam (4-membered cyclic amide) rings is 1. The summed E-state index contributed by atoms with van der Waals surface area (Å²) in [6.07, 6.45) is 0.603. The standard InChI is InChI=1S/C18H26N8O4S/c1-7-12-11(8(2)26-22-18(19)21-23-26)16(28)25(12)13(17(29)30)14(7)31-9-5-10(20-6-9)15(27)24(3)4/h7-12,20H,5-6H2,1-4H3,(H2,19,22)(H,29,30)/t7-,8-,9+,10+,11-,12-/m1/s1. The number of likely N-dealkylation sites (N-methyl/N-ethyl adjacent to an activating group) is 1. The summed E-state index contributed by atoms with van der Waals surface area (Å²) in [7, 11) is 3.42. The van der Waals surface area contributed by atoms with Gasteiger partial charge in [-0.15, -0.1) is 16.9 Å². The molecule has 4 N–H and O–H groups in total. The normalized spacial score (nSPS) is 30.9. The number of carboxylic acid groups (broad SMARTS) is 1. The molecule has 31 heavy (non-hydrogen) atoms. The van der Waals surface area contributed by atoms with Crippen LogP contribution in [0.2, 0.25) is 0 Å². The summed E-state index contributed by atoms with van der Waals surface area (Å²) < 4.78 is 0. The van der Waals surface area contributed by atoms with Crippen LogP contribution >= 0.6 is 11.8 Å². The zero-order valence-electron chi connectivity index (χ0n) is 17.7. The number of thioether (sulfide) groups is 1. The molecule has 13 heteroatoms. The van der Waals surface area contributed by atoms with Gasteiger partial charge in [0, 0.05) is 36.7 Å². The summed E-state index contributed by atoms with van der Waals surface area (Å²) in [4.78, 5) is 42.2. The number of carbonyl (C=O) groups excluding carboxylic acids is 2. The zero-order valence-corrected chi connectivity index (χ0v) is 18.5. The number of carbonyl (C=O) groups is 3. The highest BCUT2D eigenvalue weighted by atomic mass is 32.2. The van der Waals surface area contributed by atoms with Crippen molar-refractivity contribution in [1.82, 2.24) is 35.3 Å². The van der Waals surface area contributed by atoms with Crippen molar-refractivity contribution in [2.45, 2.75) is 43.6 Å². The van der Waals surface area contributed by atoms with E-state index in [-0.39, 0.29) is 46.7 Å². The van der Waals surface area contributed by atoms with Crippen LogP contribution in [0.15, 0.2) is 10.6 Å². The molecule has 12 nitrogen and oxygen atoms in total. The average Bonchev–Trinajstić information content (AvgIpc) is 3.40. The van der Waals surface area contributed by atoms with E-state index in [0.29, 0.717) is 17.9 Å². The number of nitrogens with two attached hydrogens (primary N) is 1. The van der Waals surface area contributed by atoms with E-state index in [1.165, 1.54) is 21.5 Å². The second-order valence-corrected chi connectivity index (χ2v) is 9.75. The molecule has 2 saturated heterocycles. The number of aliphatic carboxylic acids is 1. The van der Waals surface area contributed by atoms with Crippen LogP contribution in [0.4, 0.5) is 5.95 Å². The lowest BCUT2D eigenvalue weighted by Gasteiger charge is -2.47. The van der Waals surface area contributed by atoms with Gasteiger partial charge in [0.25, 0.3) is 5.95 Å². The number of hydrogen-bond acceptors (Lipinski definition) is 9. The van der Waals surface area contributed by atoms with Crippen molar-refractivity contribution in [3.05, 3.63) is 10.6 Å². The maximum atomic E-state index is 13.0. The molecule has 0 saturated carbocycles. The second-order valence-electron chi connectivity index (χ2n) is 8.41. The maximum absolute atomic E-state index is 13.0. The molecule has 0 aromatic carbocycles. The van der Waals surface area contributed by atoms with Gasteiger partial charge in [0.15, 0.2) is 0 Å². The zero-order chi connectivity index (χ0) is 22.6. The molecule has 168 valence electrons. The van der Waals surface area contributed by atoms with E-state index in [0.717, 1.165) is 0 Å². The summed E-state index contributed by atoms with van der Waals surface area (Å²) in [6.45, 7) is 4.34. The Morgan fingerprint density at radius 2 is 2.10 bits per heavy atom. The van der Waals surface area contributed by atoms with Crippen molar-refractivity contribution < 1.29 is 19.5 Å². The molecule has 1 aromatic heterocycles. The van der Waals surface area contributed by atoms with Gasteiger partial charge in [-0.2, -0.15) is 4.80 Å². The van der Waals surface area contributed by atoms with E-state index in [2.05, 4.69) is 20.7 Å². The topological polar surface area (TPSA) is 160 Å². The molecule has 0 aliphatic carbocycles. The molecule has 4 heterocycles. The van der Waals surface area contributed by atoms with Crippen LogP contribution in [0, 0.1) is 11.8 Å². The summed E-state index contributed by atoms with van der Waals surface area (Å²) >= 11 is 1.46. The van der Waals surface area contributed by atoms with Crippen molar-refractivity contribution in [2.75, 3.05) is 26.4 Å². The van der Waals surface area contributed by atoms with Crippen LogP contribution in [0.5, 0.6) is 0 Å². The minimum absolute atomic E-state index is 0.00231. The van der Waals surface area contributed by atoms with Gasteiger partial charge in [0.1, 0.15) is 5.70 Å². The average molecular weight is 451 g/mol. The first kappa shape index (κ1) is 21.6. The van der Waals surface area contributed by atoms with Gasteiger partial charge in [0.2, 0.25) is 11.8 Å². The van der Waals surface area contributed by atoms with Crippen molar-refractivity contribution in [3.8, 4) is 0 Å². The Morgan fingerprint density at radius 1 is 1.39 bits per heavy atom. The first-order valence-corrected chi connectivity index (χ1v) is 11.0. The number of nitrogen functional groups attached to an aromatic ring is 1. The monoisotopic (exact) mass is 450 g/mol.